The van der Waals surface area contributed by atoms with E-state index in [4.69, 9.17) is 16.6 Å². The fourth-order valence-corrected chi connectivity index (χ4v) is 4.68. The van der Waals surface area contributed by atoms with E-state index in [1.807, 2.05) is 31.2 Å². The zero-order chi connectivity index (χ0) is 22.1. The first-order chi connectivity index (χ1) is 15.6. The van der Waals surface area contributed by atoms with Gasteiger partial charge in [0.25, 0.3) is 5.56 Å². The Bertz CT molecular complexity index is 1180. The van der Waals surface area contributed by atoms with Gasteiger partial charge in [0.2, 0.25) is 11.9 Å². The van der Waals surface area contributed by atoms with Crippen LogP contribution in [0.2, 0.25) is 5.02 Å². The molecule has 1 N–H and O–H groups in total. The highest BCUT2D eigenvalue weighted by molar-refractivity contribution is 6.30. The molecule has 6 nitrogen and oxygen atoms in total. The van der Waals surface area contributed by atoms with Crippen molar-refractivity contribution in [3.63, 3.8) is 0 Å². The molecule has 0 spiro atoms. The maximum absolute atomic E-state index is 12.8. The summed E-state index contributed by atoms with van der Waals surface area (Å²) in [4.78, 5) is 24.6. The maximum Gasteiger partial charge on any atom is 0.257 e. The van der Waals surface area contributed by atoms with Gasteiger partial charge in [0.15, 0.2) is 6.17 Å². The third kappa shape index (κ3) is 4.28. The quantitative estimate of drug-likeness (QED) is 0.642. The lowest BCUT2D eigenvalue weighted by atomic mass is 9.90. The lowest BCUT2D eigenvalue weighted by molar-refractivity contribution is 0.262. The second kappa shape index (κ2) is 8.79. The van der Waals surface area contributed by atoms with Crippen molar-refractivity contribution in [1.82, 2.24) is 14.5 Å². The molecule has 0 aliphatic carbocycles. The van der Waals surface area contributed by atoms with Crippen LogP contribution in [0.25, 0.3) is 0 Å². The van der Waals surface area contributed by atoms with Gasteiger partial charge < -0.3 is 4.90 Å². The van der Waals surface area contributed by atoms with Gasteiger partial charge >= 0.3 is 0 Å². The number of likely N-dealkylation sites (tertiary alicyclic amines) is 1. The summed E-state index contributed by atoms with van der Waals surface area (Å²) in [5.41, 5.74) is 2.87. The first-order valence-electron chi connectivity index (χ1n) is 11.1. The van der Waals surface area contributed by atoms with Crippen LogP contribution in [0.15, 0.2) is 70.5 Å². The Hall–Kier alpha value is -3.12. The Balaban J connectivity index is 1.39. The minimum absolute atomic E-state index is 0.121. The van der Waals surface area contributed by atoms with E-state index in [2.05, 4.69) is 45.5 Å². The van der Waals surface area contributed by atoms with Gasteiger partial charge in [-0.25, -0.2) is 9.98 Å². The SMILES string of the molecule is Cc1cc(=O)n2c(n1)NC(N1CCC(Cc3ccccc3)CC1)=N[C@H]2c1ccc(Cl)cc1. The molecule has 0 saturated carbocycles. The minimum atomic E-state index is -0.471. The number of halogens is 1. The average Bonchev–Trinajstić information content (AvgIpc) is 2.80. The Morgan fingerprint density at radius 3 is 2.50 bits per heavy atom. The average molecular weight is 448 g/mol. The van der Waals surface area contributed by atoms with Crippen LogP contribution in [0.1, 0.15) is 35.8 Å². The van der Waals surface area contributed by atoms with Crippen LogP contribution in [0, 0.1) is 12.8 Å². The lowest BCUT2D eigenvalue weighted by Crippen LogP contribution is -2.46. The number of anilines is 1. The highest BCUT2D eigenvalue weighted by Crippen LogP contribution is 2.29. The number of piperidine rings is 1. The normalized spacial score (nSPS) is 18.6. The van der Waals surface area contributed by atoms with Crippen molar-refractivity contribution in [2.75, 3.05) is 18.4 Å². The van der Waals surface area contributed by atoms with Crippen molar-refractivity contribution in [1.29, 1.82) is 0 Å². The highest BCUT2D eigenvalue weighted by atomic mass is 35.5. The van der Waals surface area contributed by atoms with Crippen LogP contribution in [-0.4, -0.2) is 33.5 Å². The number of nitrogens with one attached hydrogen (secondary N) is 1. The Morgan fingerprint density at radius 1 is 1.06 bits per heavy atom. The fraction of sp³-hybridized carbons (Fsp3) is 0.320. The van der Waals surface area contributed by atoms with Crippen LogP contribution < -0.4 is 10.9 Å². The molecule has 0 amide bonds. The maximum atomic E-state index is 12.8. The van der Waals surface area contributed by atoms with E-state index in [1.165, 1.54) is 5.56 Å². The summed E-state index contributed by atoms with van der Waals surface area (Å²) in [6, 6.07) is 19.7. The molecule has 3 heterocycles. The van der Waals surface area contributed by atoms with Crippen molar-refractivity contribution < 1.29 is 0 Å². The molecular formula is C25H26ClN5O. The summed E-state index contributed by atoms with van der Waals surface area (Å²) in [6.45, 7) is 3.68. The van der Waals surface area contributed by atoms with Gasteiger partial charge in [-0.05, 0) is 55.4 Å². The largest absolute Gasteiger partial charge is 0.343 e. The molecule has 1 aromatic heterocycles. The van der Waals surface area contributed by atoms with E-state index in [1.54, 1.807) is 10.6 Å². The molecule has 7 heteroatoms. The number of rotatable bonds is 3. The molecule has 5 rings (SSSR count). The second-order valence-corrected chi connectivity index (χ2v) is 8.99. The van der Waals surface area contributed by atoms with E-state index in [-0.39, 0.29) is 5.56 Å². The smallest absolute Gasteiger partial charge is 0.257 e. The number of nitrogens with zero attached hydrogens (tertiary/aromatic N) is 4. The number of aryl methyl sites for hydroxylation is 1. The van der Waals surface area contributed by atoms with E-state index >= 15 is 0 Å². The zero-order valence-corrected chi connectivity index (χ0v) is 18.8. The summed E-state index contributed by atoms with van der Waals surface area (Å²) < 4.78 is 1.61. The standard InChI is InChI=1S/C25H26ClN5O/c1-17-15-22(32)31-23(20-7-9-21(26)10-8-20)28-24(29-25(31)27-17)30-13-11-19(12-14-30)16-18-5-3-2-4-6-18/h2-10,15,19,23H,11-14,16H2,1H3,(H,27,28,29)/t23-/m1/s1. The molecule has 1 saturated heterocycles. The molecule has 0 unspecified atom stereocenters. The number of aromatic nitrogens is 2. The van der Waals surface area contributed by atoms with Crippen LogP contribution in [0.5, 0.6) is 0 Å². The van der Waals surface area contributed by atoms with Crippen LogP contribution >= 0.6 is 11.6 Å². The number of fused-ring (bicyclic) bond motifs is 1. The Labute approximate surface area is 192 Å². The summed E-state index contributed by atoms with van der Waals surface area (Å²) in [7, 11) is 0. The summed E-state index contributed by atoms with van der Waals surface area (Å²) in [5, 5.41) is 3.98. The predicted molar refractivity (Wildman–Crippen MR) is 128 cm³/mol. The van der Waals surface area contributed by atoms with Crippen LogP contribution in [-0.2, 0) is 6.42 Å². The third-order valence-electron chi connectivity index (χ3n) is 6.24. The van der Waals surface area contributed by atoms with E-state index < -0.39 is 6.17 Å². The van der Waals surface area contributed by atoms with E-state index in [0.29, 0.717) is 22.6 Å². The molecule has 2 aliphatic rings. The number of guanidine groups is 1. The van der Waals surface area contributed by atoms with Gasteiger partial charge in [-0.1, -0.05) is 54.1 Å². The van der Waals surface area contributed by atoms with Crippen molar-refractivity contribution in [3.8, 4) is 0 Å². The number of aliphatic imine (C=N–C) groups is 1. The van der Waals surface area contributed by atoms with Crippen molar-refractivity contribution in [3.05, 3.63) is 92.9 Å². The van der Waals surface area contributed by atoms with Gasteiger partial charge in [0, 0.05) is 29.9 Å². The van der Waals surface area contributed by atoms with Crippen LogP contribution in [0.4, 0.5) is 5.95 Å². The molecule has 1 fully saturated rings. The first-order valence-corrected chi connectivity index (χ1v) is 11.4. The van der Waals surface area contributed by atoms with Gasteiger partial charge in [-0.15, -0.1) is 0 Å². The molecule has 32 heavy (non-hydrogen) atoms. The van der Waals surface area contributed by atoms with Gasteiger partial charge in [-0.2, -0.15) is 0 Å². The van der Waals surface area contributed by atoms with Gasteiger partial charge in [0.05, 0.1) is 0 Å². The van der Waals surface area contributed by atoms with Crippen molar-refractivity contribution in [2.24, 2.45) is 10.9 Å². The van der Waals surface area contributed by atoms with Crippen LogP contribution in [0.3, 0.4) is 0 Å². The summed E-state index contributed by atoms with van der Waals surface area (Å²) in [6.07, 6.45) is 2.85. The molecule has 1 atom stereocenters. The van der Waals surface area contributed by atoms with E-state index in [0.717, 1.165) is 43.9 Å². The van der Waals surface area contributed by atoms with Gasteiger partial charge in [-0.3, -0.25) is 14.7 Å². The third-order valence-corrected chi connectivity index (χ3v) is 6.49. The Kier molecular flexibility index (Phi) is 5.70. The molecule has 0 bridgehead atoms. The topological polar surface area (TPSA) is 62.5 Å². The van der Waals surface area contributed by atoms with E-state index in [9.17, 15) is 4.79 Å². The summed E-state index contributed by atoms with van der Waals surface area (Å²) >= 11 is 6.09. The first kappa shape index (κ1) is 20.8. The number of hydrogen-bond acceptors (Lipinski definition) is 5. The molecular weight excluding hydrogens is 422 g/mol. The second-order valence-electron chi connectivity index (χ2n) is 8.55. The van der Waals surface area contributed by atoms with Crippen molar-refractivity contribution >= 4 is 23.5 Å². The van der Waals surface area contributed by atoms with Gasteiger partial charge in [0.1, 0.15) is 0 Å². The Morgan fingerprint density at radius 2 is 1.78 bits per heavy atom. The number of hydrogen-bond donors (Lipinski definition) is 1. The zero-order valence-electron chi connectivity index (χ0n) is 18.0. The molecule has 3 aromatic rings. The highest BCUT2D eigenvalue weighted by Gasteiger charge is 2.29. The predicted octanol–water partition coefficient (Wildman–Crippen LogP) is 4.49. The monoisotopic (exact) mass is 447 g/mol. The number of benzene rings is 2. The lowest BCUT2D eigenvalue weighted by Gasteiger charge is -2.37. The minimum Gasteiger partial charge on any atom is -0.343 e. The fourth-order valence-electron chi connectivity index (χ4n) is 4.55. The molecule has 2 aromatic carbocycles. The summed E-state index contributed by atoms with van der Waals surface area (Å²) in [5.74, 6) is 1.98. The molecule has 0 radical (unpaired) electrons. The molecule has 164 valence electrons. The molecule has 2 aliphatic heterocycles. The van der Waals surface area contributed by atoms with Crippen molar-refractivity contribution in [2.45, 2.75) is 32.4 Å².